The molecule has 0 aliphatic carbocycles. The van der Waals surface area contributed by atoms with Crippen LogP contribution in [0.25, 0.3) is 10.8 Å². The van der Waals surface area contributed by atoms with Gasteiger partial charge in [-0.25, -0.2) is 24.5 Å². The van der Waals surface area contributed by atoms with Gasteiger partial charge in [-0.1, -0.05) is 42.5 Å². The first-order valence-corrected chi connectivity index (χ1v) is 10.5. The van der Waals surface area contributed by atoms with Crippen LogP contribution in [0, 0.1) is 17.5 Å². The number of hydroxylamine groups is 1. The highest BCUT2D eigenvalue weighted by molar-refractivity contribution is 5.94. The SMILES string of the molecule is N/C(=C\N(N)C(CC(=O)NO)Cc1ccc2ccccc2c1)CNC(=O)c1ccc(F)c(F)c1F. The number of rotatable bonds is 9. The largest absolute Gasteiger partial charge is 0.399 e. The fourth-order valence-electron chi connectivity index (χ4n) is 3.50. The Morgan fingerprint density at radius 3 is 2.46 bits per heavy atom. The van der Waals surface area contributed by atoms with Crippen LogP contribution in [0.3, 0.4) is 0 Å². The van der Waals surface area contributed by atoms with Gasteiger partial charge >= 0.3 is 0 Å². The van der Waals surface area contributed by atoms with Crippen molar-refractivity contribution in [1.29, 1.82) is 0 Å². The molecule has 1 unspecified atom stereocenters. The van der Waals surface area contributed by atoms with E-state index in [2.05, 4.69) is 5.32 Å². The molecule has 1 atom stereocenters. The van der Waals surface area contributed by atoms with Crippen molar-refractivity contribution in [3.05, 3.63) is 95.1 Å². The highest BCUT2D eigenvalue weighted by Crippen LogP contribution is 2.19. The second kappa shape index (κ2) is 11.4. The zero-order chi connectivity index (χ0) is 25.5. The number of benzene rings is 3. The summed E-state index contributed by atoms with van der Waals surface area (Å²) in [4.78, 5) is 24.0. The lowest BCUT2D eigenvalue weighted by Gasteiger charge is -2.26. The van der Waals surface area contributed by atoms with E-state index in [1.165, 1.54) is 11.2 Å². The molecule has 7 N–H and O–H groups in total. The third kappa shape index (κ3) is 6.49. The van der Waals surface area contributed by atoms with Gasteiger partial charge in [-0.15, -0.1) is 0 Å². The van der Waals surface area contributed by atoms with Crippen molar-refractivity contribution in [2.24, 2.45) is 11.6 Å². The van der Waals surface area contributed by atoms with Crippen LogP contribution in [0.4, 0.5) is 13.2 Å². The lowest BCUT2D eigenvalue weighted by molar-refractivity contribution is -0.130. The smallest absolute Gasteiger partial charge is 0.254 e. The van der Waals surface area contributed by atoms with Crippen molar-refractivity contribution in [1.82, 2.24) is 15.8 Å². The van der Waals surface area contributed by atoms with Crippen LogP contribution in [0.5, 0.6) is 0 Å². The summed E-state index contributed by atoms with van der Waals surface area (Å²) in [7, 11) is 0. The Balaban J connectivity index is 1.70. The molecule has 0 radical (unpaired) electrons. The maximum Gasteiger partial charge on any atom is 0.254 e. The number of nitrogens with two attached hydrogens (primary N) is 2. The Morgan fingerprint density at radius 2 is 1.74 bits per heavy atom. The summed E-state index contributed by atoms with van der Waals surface area (Å²) in [5.74, 6) is -0.347. The fourth-order valence-corrected chi connectivity index (χ4v) is 3.50. The number of carbonyl (C=O) groups is 2. The summed E-state index contributed by atoms with van der Waals surface area (Å²) < 4.78 is 40.2. The Hall–Kier alpha value is -4.09. The van der Waals surface area contributed by atoms with Crippen LogP contribution < -0.4 is 22.4 Å². The number of carbonyl (C=O) groups excluding carboxylic acids is 2. The van der Waals surface area contributed by atoms with Crippen LogP contribution in [-0.4, -0.2) is 34.6 Å². The summed E-state index contributed by atoms with van der Waals surface area (Å²) in [5, 5.41) is 14.4. The van der Waals surface area contributed by atoms with E-state index in [0.29, 0.717) is 12.5 Å². The third-order valence-electron chi connectivity index (χ3n) is 5.30. The van der Waals surface area contributed by atoms with E-state index in [-0.39, 0.29) is 18.7 Å². The lowest BCUT2D eigenvalue weighted by atomic mass is 9.99. The highest BCUT2D eigenvalue weighted by atomic mass is 19.2. The second-order valence-electron chi connectivity index (χ2n) is 7.84. The summed E-state index contributed by atoms with van der Waals surface area (Å²) in [6.07, 6.45) is 1.43. The average Bonchev–Trinajstić information content (AvgIpc) is 2.85. The Kier molecular flexibility index (Phi) is 8.29. The molecule has 184 valence electrons. The molecule has 3 aromatic rings. The predicted molar refractivity (Wildman–Crippen MR) is 123 cm³/mol. The third-order valence-corrected chi connectivity index (χ3v) is 5.30. The lowest BCUT2D eigenvalue weighted by Crippen LogP contribution is -2.42. The molecular weight excluding hydrogens is 463 g/mol. The Morgan fingerprint density at radius 1 is 1.03 bits per heavy atom. The molecular formula is C24H24F3N5O3. The van der Waals surface area contributed by atoms with Crippen LogP contribution in [0.1, 0.15) is 22.3 Å². The maximum atomic E-state index is 13.8. The van der Waals surface area contributed by atoms with Crippen molar-refractivity contribution >= 4 is 22.6 Å². The first kappa shape index (κ1) is 25.5. The van der Waals surface area contributed by atoms with Crippen LogP contribution >= 0.6 is 0 Å². The van der Waals surface area contributed by atoms with Crippen molar-refractivity contribution < 1.29 is 28.0 Å². The van der Waals surface area contributed by atoms with Crippen molar-refractivity contribution in [2.45, 2.75) is 18.9 Å². The van der Waals surface area contributed by atoms with Crippen LogP contribution in [-0.2, 0) is 11.2 Å². The van der Waals surface area contributed by atoms with Crippen LogP contribution in [0.2, 0.25) is 0 Å². The minimum atomic E-state index is -1.76. The molecule has 0 fully saturated rings. The number of amides is 2. The van der Waals surface area contributed by atoms with Gasteiger partial charge in [0.1, 0.15) is 0 Å². The number of halogens is 3. The van der Waals surface area contributed by atoms with Gasteiger partial charge in [0.2, 0.25) is 5.91 Å². The molecule has 35 heavy (non-hydrogen) atoms. The van der Waals surface area contributed by atoms with Gasteiger partial charge in [0.05, 0.1) is 24.6 Å². The molecule has 3 rings (SSSR count). The van der Waals surface area contributed by atoms with Gasteiger partial charge < -0.3 is 16.1 Å². The average molecular weight is 487 g/mol. The molecule has 0 saturated carbocycles. The van der Waals surface area contributed by atoms with Crippen molar-refractivity contribution in [2.75, 3.05) is 6.54 Å². The van der Waals surface area contributed by atoms with E-state index >= 15 is 0 Å². The first-order valence-electron chi connectivity index (χ1n) is 10.5. The number of fused-ring (bicyclic) bond motifs is 1. The van der Waals surface area contributed by atoms with Gasteiger partial charge in [0, 0.05) is 11.9 Å². The van der Waals surface area contributed by atoms with E-state index in [1.807, 2.05) is 42.5 Å². The molecule has 3 aromatic carbocycles. The number of hydrogen-bond donors (Lipinski definition) is 5. The molecule has 0 aliphatic heterocycles. The molecule has 0 bridgehead atoms. The maximum absolute atomic E-state index is 13.8. The molecule has 0 saturated heterocycles. The van der Waals surface area contributed by atoms with Gasteiger partial charge in [-0.3, -0.25) is 14.8 Å². The van der Waals surface area contributed by atoms with Gasteiger partial charge in [0.15, 0.2) is 17.5 Å². The van der Waals surface area contributed by atoms with Crippen molar-refractivity contribution in [3.63, 3.8) is 0 Å². The summed E-state index contributed by atoms with van der Waals surface area (Å²) in [6, 6.07) is 14.4. The molecule has 0 heterocycles. The minimum absolute atomic E-state index is 0.0387. The molecule has 0 aliphatic rings. The molecule has 2 amide bonds. The quantitative estimate of drug-likeness (QED) is 0.136. The van der Waals surface area contributed by atoms with E-state index in [9.17, 15) is 22.8 Å². The monoisotopic (exact) mass is 487 g/mol. The molecule has 11 heteroatoms. The Bertz CT molecular complexity index is 1270. The van der Waals surface area contributed by atoms with Gasteiger partial charge in [-0.2, -0.15) is 0 Å². The Labute approximate surface area is 198 Å². The number of nitrogens with one attached hydrogen (secondary N) is 2. The zero-order valence-electron chi connectivity index (χ0n) is 18.5. The molecule has 8 nitrogen and oxygen atoms in total. The van der Waals surface area contributed by atoms with E-state index < -0.39 is 40.9 Å². The summed E-state index contributed by atoms with van der Waals surface area (Å²) in [5.41, 5.74) is 7.71. The minimum Gasteiger partial charge on any atom is -0.399 e. The van der Waals surface area contributed by atoms with Gasteiger partial charge in [-0.05, 0) is 34.9 Å². The number of hydrogen-bond acceptors (Lipinski definition) is 6. The topological polar surface area (TPSA) is 134 Å². The summed E-state index contributed by atoms with van der Waals surface area (Å²) in [6.45, 7) is -0.292. The second-order valence-corrected chi connectivity index (χ2v) is 7.84. The van der Waals surface area contributed by atoms with Crippen LogP contribution in [0.15, 0.2) is 66.5 Å². The normalized spacial score (nSPS) is 12.3. The van der Waals surface area contributed by atoms with E-state index in [4.69, 9.17) is 16.8 Å². The first-order chi connectivity index (χ1) is 16.7. The highest BCUT2D eigenvalue weighted by Gasteiger charge is 2.20. The fraction of sp³-hybridized carbons (Fsp3) is 0.167. The zero-order valence-corrected chi connectivity index (χ0v) is 18.5. The van der Waals surface area contributed by atoms with E-state index in [1.54, 1.807) is 5.48 Å². The molecule has 0 spiro atoms. The van der Waals surface area contributed by atoms with E-state index in [0.717, 1.165) is 22.4 Å². The van der Waals surface area contributed by atoms with Gasteiger partial charge in [0.25, 0.3) is 5.91 Å². The standard InChI is InChI=1S/C24H24F3N5O3/c25-20-8-7-19(22(26)23(20)27)24(34)30-12-17(28)13-32(29)18(11-21(33)31-35)10-14-5-6-15-3-1-2-4-16(15)9-14/h1-9,13,18,35H,10-12,28-29H2,(H,30,34)(H,31,33)/b17-13-. The number of hydrazine groups is 1. The summed E-state index contributed by atoms with van der Waals surface area (Å²) >= 11 is 0. The van der Waals surface area contributed by atoms with Crippen molar-refractivity contribution in [3.8, 4) is 0 Å². The number of nitrogens with zero attached hydrogens (tertiary/aromatic N) is 1. The molecule has 0 aromatic heterocycles. The predicted octanol–water partition coefficient (Wildman–Crippen LogP) is 2.47.